The highest BCUT2D eigenvalue weighted by Crippen LogP contribution is 2.55. The van der Waals surface area contributed by atoms with E-state index >= 15 is 0 Å². The van der Waals surface area contributed by atoms with E-state index in [-0.39, 0.29) is 0 Å². The minimum atomic E-state index is 0.317. The summed E-state index contributed by atoms with van der Waals surface area (Å²) in [6.07, 6.45) is 3.85. The number of nitrogens with one attached hydrogen (secondary N) is 1. The van der Waals surface area contributed by atoms with Crippen molar-refractivity contribution in [2.75, 3.05) is 11.1 Å². The molecule has 2 aliphatic rings. The Kier molecular flexibility index (Phi) is 2.47. The summed E-state index contributed by atoms with van der Waals surface area (Å²) in [5.41, 5.74) is 7.87. The Balaban J connectivity index is 1.62. The van der Waals surface area contributed by atoms with Crippen LogP contribution in [0.4, 0.5) is 11.5 Å². The predicted molar refractivity (Wildman–Crippen MR) is 77.9 cm³/mol. The highest BCUT2D eigenvalue weighted by molar-refractivity contribution is 7.10. The average molecular weight is 293 g/mol. The molecule has 3 atom stereocenters. The topological polar surface area (TPSA) is 63.8 Å². The molecule has 2 aliphatic carbocycles. The van der Waals surface area contributed by atoms with Crippen LogP contribution >= 0.6 is 22.9 Å². The van der Waals surface area contributed by atoms with Gasteiger partial charge in [0.05, 0.1) is 0 Å². The molecule has 3 N–H and O–H groups in total. The predicted octanol–water partition coefficient (Wildman–Crippen LogP) is 3.23. The monoisotopic (exact) mass is 292 g/mol. The van der Waals surface area contributed by atoms with Gasteiger partial charge in [0.15, 0.2) is 11.0 Å². The minimum Gasteiger partial charge on any atom is -0.393 e. The summed E-state index contributed by atoms with van der Waals surface area (Å²) in [4.78, 5) is 9.66. The average Bonchev–Trinajstić information content (AvgIpc) is 3.06. The fourth-order valence-electron chi connectivity index (χ4n) is 3.39. The lowest BCUT2D eigenvalue weighted by atomic mass is 9.94. The van der Waals surface area contributed by atoms with E-state index in [9.17, 15) is 0 Å². The van der Waals surface area contributed by atoms with Gasteiger partial charge < -0.3 is 11.1 Å². The summed E-state index contributed by atoms with van der Waals surface area (Å²) in [7, 11) is 0. The van der Waals surface area contributed by atoms with E-state index < -0.39 is 0 Å². The summed E-state index contributed by atoms with van der Waals surface area (Å²) in [6, 6.07) is 2.66. The molecule has 98 valence electrons. The number of nitrogens with two attached hydrogens (primary N) is 1. The molecule has 0 radical (unpaired) electrons. The largest absolute Gasteiger partial charge is 0.393 e. The first-order chi connectivity index (χ1) is 9.24. The zero-order valence-corrected chi connectivity index (χ0v) is 11.7. The number of anilines is 2. The smallest absolute Gasteiger partial charge is 0.157 e. The fourth-order valence-corrected chi connectivity index (χ4v) is 4.62. The van der Waals surface area contributed by atoms with E-state index in [0.29, 0.717) is 34.5 Å². The Bertz CT molecular complexity index is 641. The Labute approximate surface area is 120 Å². The van der Waals surface area contributed by atoms with Crippen molar-refractivity contribution in [3.05, 3.63) is 33.4 Å². The van der Waals surface area contributed by atoms with Crippen molar-refractivity contribution in [2.45, 2.75) is 30.7 Å². The molecule has 4 rings (SSSR count). The number of thiophene rings is 1. The van der Waals surface area contributed by atoms with Crippen molar-refractivity contribution in [3.63, 3.8) is 0 Å². The van der Waals surface area contributed by atoms with Crippen LogP contribution in [0.5, 0.6) is 0 Å². The second-order valence-electron chi connectivity index (χ2n) is 5.19. The summed E-state index contributed by atoms with van der Waals surface area (Å²) in [5, 5.41) is 5.97. The maximum atomic E-state index is 5.93. The van der Waals surface area contributed by atoms with E-state index in [1.165, 1.54) is 18.3 Å². The molecule has 2 bridgehead atoms. The van der Waals surface area contributed by atoms with E-state index in [2.05, 4.69) is 26.7 Å². The third kappa shape index (κ3) is 1.65. The van der Waals surface area contributed by atoms with Gasteiger partial charge in [-0.3, -0.25) is 0 Å². The van der Waals surface area contributed by atoms with Crippen LogP contribution in [0.3, 0.4) is 0 Å². The quantitative estimate of drug-likeness (QED) is 0.834. The standard InChI is InChI=1S/C13H13ClN4S/c14-12-10(15)13(17-5-16-12)18-9-4-6-3-8(9)7-1-2-19-11(6)7/h1-2,5-6,8-9H,3-4,15H2,(H,16,17,18)/t6-,8-,9+/m1/s1. The third-order valence-electron chi connectivity index (χ3n) is 4.22. The number of hydrogen-bond acceptors (Lipinski definition) is 5. The molecule has 0 unspecified atom stereocenters. The van der Waals surface area contributed by atoms with Gasteiger partial charge in [0.2, 0.25) is 0 Å². The molecule has 2 aromatic heterocycles. The molecule has 1 fully saturated rings. The van der Waals surface area contributed by atoms with Crippen LogP contribution in [0.25, 0.3) is 0 Å². The summed E-state index contributed by atoms with van der Waals surface area (Å²) in [5.74, 6) is 1.95. The molecular formula is C13H13ClN4S. The lowest BCUT2D eigenvalue weighted by Crippen LogP contribution is -2.25. The lowest BCUT2D eigenvalue weighted by Gasteiger charge is -2.24. The molecule has 6 heteroatoms. The van der Waals surface area contributed by atoms with Crippen molar-refractivity contribution in [2.24, 2.45) is 0 Å². The molecule has 19 heavy (non-hydrogen) atoms. The van der Waals surface area contributed by atoms with Crippen LogP contribution in [0, 0.1) is 0 Å². The van der Waals surface area contributed by atoms with Crippen LogP contribution in [-0.2, 0) is 0 Å². The molecule has 2 aromatic rings. The highest BCUT2D eigenvalue weighted by atomic mass is 35.5. The van der Waals surface area contributed by atoms with Crippen molar-refractivity contribution in [1.82, 2.24) is 9.97 Å². The van der Waals surface area contributed by atoms with Gasteiger partial charge in [-0.25, -0.2) is 9.97 Å². The van der Waals surface area contributed by atoms with Crippen LogP contribution in [-0.4, -0.2) is 16.0 Å². The summed E-state index contributed by atoms with van der Waals surface area (Å²) < 4.78 is 0. The number of fused-ring (bicyclic) bond motifs is 5. The first-order valence-electron chi connectivity index (χ1n) is 6.34. The summed E-state index contributed by atoms with van der Waals surface area (Å²) >= 11 is 7.82. The van der Waals surface area contributed by atoms with Gasteiger partial charge >= 0.3 is 0 Å². The van der Waals surface area contributed by atoms with Crippen LogP contribution in [0.1, 0.15) is 35.1 Å². The van der Waals surface area contributed by atoms with Gasteiger partial charge in [0, 0.05) is 16.8 Å². The number of halogens is 1. The Hall–Kier alpha value is -1.33. The highest BCUT2D eigenvalue weighted by Gasteiger charge is 2.44. The number of nitrogens with zero attached hydrogens (tertiary/aromatic N) is 2. The molecular weight excluding hydrogens is 280 g/mol. The molecule has 0 aromatic carbocycles. The van der Waals surface area contributed by atoms with Gasteiger partial charge in [0.1, 0.15) is 12.0 Å². The second-order valence-corrected chi connectivity index (χ2v) is 6.50. The first-order valence-corrected chi connectivity index (χ1v) is 7.59. The number of hydrogen-bond donors (Lipinski definition) is 2. The molecule has 1 saturated carbocycles. The van der Waals surface area contributed by atoms with Gasteiger partial charge in [-0.1, -0.05) is 11.6 Å². The Morgan fingerprint density at radius 2 is 2.26 bits per heavy atom. The molecule has 4 nitrogen and oxygen atoms in total. The van der Waals surface area contributed by atoms with Gasteiger partial charge in [-0.05, 0) is 35.8 Å². The molecule has 0 aliphatic heterocycles. The van der Waals surface area contributed by atoms with E-state index in [1.807, 2.05) is 11.3 Å². The zero-order chi connectivity index (χ0) is 13.0. The maximum absolute atomic E-state index is 5.93. The van der Waals surface area contributed by atoms with Crippen molar-refractivity contribution < 1.29 is 0 Å². The SMILES string of the molecule is Nc1c(Cl)ncnc1N[C@H]1C[C@H]2C[C@@H]1c1ccsc12. The second kappa shape index (κ2) is 4.08. The molecule has 0 amide bonds. The number of aromatic nitrogens is 2. The third-order valence-corrected chi connectivity index (χ3v) is 5.61. The van der Waals surface area contributed by atoms with Gasteiger partial charge in [0.25, 0.3) is 0 Å². The van der Waals surface area contributed by atoms with Crippen LogP contribution < -0.4 is 11.1 Å². The van der Waals surface area contributed by atoms with E-state index in [1.54, 1.807) is 4.88 Å². The normalized spacial score (nSPS) is 27.5. The van der Waals surface area contributed by atoms with Crippen molar-refractivity contribution in [3.8, 4) is 0 Å². The van der Waals surface area contributed by atoms with E-state index in [4.69, 9.17) is 17.3 Å². The Morgan fingerprint density at radius 1 is 1.37 bits per heavy atom. The van der Waals surface area contributed by atoms with Gasteiger partial charge in [-0.2, -0.15) is 0 Å². The molecule has 0 saturated heterocycles. The fraction of sp³-hybridized carbons (Fsp3) is 0.385. The van der Waals surface area contributed by atoms with Crippen LogP contribution in [0.15, 0.2) is 17.8 Å². The van der Waals surface area contributed by atoms with Gasteiger partial charge in [-0.15, -0.1) is 11.3 Å². The number of nitrogen functional groups attached to an aromatic ring is 1. The summed E-state index contributed by atoms with van der Waals surface area (Å²) in [6.45, 7) is 0. The Morgan fingerprint density at radius 3 is 3.16 bits per heavy atom. The van der Waals surface area contributed by atoms with E-state index in [0.717, 1.165) is 6.42 Å². The number of rotatable bonds is 2. The zero-order valence-electron chi connectivity index (χ0n) is 10.1. The molecule has 2 heterocycles. The van der Waals surface area contributed by atoms with Crippen molar-refractivity contribution >= 4 is 34.4 Å². The first kappa shape index (κ1) is 11.5. The molecule has 0 spiro atoms. The maximum Gasteiger partial charge on any atom is 0.157 e. The van der Waals surface area contributed by atoms with Crippen molar-refractivity contribution in [1.29, 1.82) is 0 Å². The lowest BCUT2D eigenvalue weighted by molar-refractivity contribution is 0.636. The van der Waals surface area contributed by atoms with Crippen LogP contribution in [0.2, 0.25) is 5.15 Å². The minimum absolute atomic E-state index is 0.317.